The first-order valence-electron chi connectivity index (χ1n) is 9.49. The number of hydrogen-bond donors (Lipinski definition) is 1. The summed E-state index contributed by atoms with van der Waals surface area (Å²) >= 11 is 0. The Bertz CT molecular complexity index is 892. The molecule has 1 amide bonds. The van der Waals surface area contributed by atoms with Gasteiger partial charge in [-0.15, -0.1) is 0 Å². The van der Waals surface area contributed by atoms with Crippen molar-refractivity contribution in [3.8, 4) is 0 Å². The number of carbonyl (C=O) groups is 2. The quantitative estimate of drug-likeness (QED) is 0.454. The third-order valence-electron chi connectivity index (χ3n) is 4.93. The summed E-state index contributed by atoms with van der Waals surface area (Å²) in [4.78, 5) is 37.3. The molecule has 0 unspecified atom stereocenters. The first kappa shape index (κ1) is 20.3. The largest absolute Gasteiger partial charge is 0.452 e. The average Bonchev–Trinajstić information content (AvgIpc) is 2.73. The zero-order valence-corrected chi connectivity index (χ0v) is 16.2. The van der Waals surface area contributed by atoms with E-state index in [0.29, 0.717) is 17.3 Å². The molecule has 152 valence electrons. The van der Waals surface area contributed by atoms with Crippen molar-refractivity contribution in [2.24, 2.45) is 5.92 Å². The molecule has 0 spiro atoms. The van der Waals surface area contributed by atoms with Gasteiger partial charge in [0, 0.05) is 30.9 Å². The average molecular weight is 397 g/mol. The van der Waals surface area contributed by atoms with Crippen molar-refractivity contribution < 1.29 is 19.2 Å². The summed E-state index contributed by atoms with van der Waals surface area (Å²) in [6.07, 6.45) is 1.95. The number of benzene rings is 2. The van der Waals surface area contributed by atoms with E-state index in [2.05, 4.69) is 12.2 Å². The van der Waals surface area contributed by atoms with Gasteiger partial charge in [-0.1, -0.05) is 25.1 Å². The van der Waals surface area contributed by atoms with E-state index in [4.69, 9.17) is 4.74 Å². The van der Waals surface area contributed by atoms with Crippen LogP contribution in [0.25, 0.3) is 0 Å². The first-order valence-corrected chi connectivity index (χ1v) is 9.49. The van der Waals surface area contributed by atoms with Gasteiger partial charge in [-0.25, -0.2) is 4.79 Å². The molecule has 1 aliphatic rings. The molecular weight excluding hydrogens is 374 g/mol. The monoisotopic (exact) mass is 397 g/mol. The summed E-state index contributed by atoms with van der Waals surface area (Å²) in [7, 11) is 0. The zero-order valence-electron chi connectivity index (χ0n) is 16.2. The van der Waals surface area contributed by atoms with Crippen LogP contribution in [0, 0.1) is 16.0 Å². The minimum Gasteiger partial charge on any atom is -0.452 e. The first-order chi connectivity index (χ1) is 13.9. The molecule has 1 N–H and O–H groups in total. The molecule has 0 aliphatic carbocycles. The maximum atomic E-state index is 12.7. The summed E-state index contributed by atoms with van der Waals surface area (Å²) in [6.45, 7) is 3.21. The molecule has 0 saturated carbocycles. The minimum atomic E-state index is -0.759. The van der Waals surface area contributed by atoms with Crippen LogP contribution in [0.1, 0.15) is 30.1 Å². The van der Waals surface area contributed by atoms with Gasteiger partial charge >= 0.3 is 5.97 Å². The highest BCUT2D eigenvalue weighted by atomic mass is 16.6. The van der Waals surface area contributed by atoms with Crippen LogP contribution in [0.2, 0.25) is 0 Å². The van der Waals surface area contributed by atoms with Gasteiger partial charge in [-0.2, -0.15) is 0 Å². The number of nitrogens with one attached hydrogen (secondary N) is 1. The molecule has 3 rings (SSSR count). The number of nitro groups is 1. The Balaban J connectivity index is 1.72. The number of esters is 1. The van der Waals surface area contributed by atoms with E-state index < -0.39 is 23.4 Å². The van der Waals surface area contributed by atoms with Crippen LogP contribution in [-0.4, -0.2) is 36.5 Å². The van der Waals surface area contributed by atoms with Crippen molar-refractivity contribution in [2.75, 3.05) is 29.9 Å². The van der Waals surface area contributed by atoms with Gasteiger partial charge in [-0.3, -0.25) is 14.9 Å². The van der Waals surface area contributed by atoms with Crippen LogP contribution in [0.4, 0.5) is 17.1 Å². The Morgan fingerprint density at radius 1 is 1.17 bits per heavy atom. The van der Waals surface area contributed by atoms with Gasteiger partial charge in [0.1, 0.15) is 0 Å². The van der Waals surface area contributed by atoms with E-state index in [1.165, 1.54) is 12.1 Å². The molecule has 29 heavy (non-hydrogen) atoms. The molecule has 2 aromatic carbocycles. The van der Waals surface area contributed by atoms with Crippen molar-refractivity contribution in [3.05, 3.63) is 64.2 Å². The van der Waals surface area contributed by atoms with Crippen LogP contribution >= 0.6 is 0 Å². The van der Waals surface area contributed by atoms with Gasteiger partial charge in [-0.05, 0) is 37.0 Å². The molecular formula is C21H23N3O5. The van der Waals surface area contributed by atoms with Gasteiger partial charge in [0.15, 0.2) is 6.61 Å². The van der Waals surface area contributed by atoms with Crippen molar-refractivity contribution in [1.82, 2.24) is 0 Å². The van der Waals surface area contributed by atoms with Crippen molar-refractivity contribution in [3.63, 3.8) is 0 Å². The second kappa shape index (κ2) is 9.18. The van der Waals surface area contributed by atoms with E-state index in [-0.39, 0.29) is 11.3 Å². The normalized spacial score (nSPS) is 14.3. The van der Waals surface area contributed by atoms with E-state index in [1.807, 2.05) is 11.0 Å². The van der Waals surface area contributed by atoms with Crippen LogP contribution < -0.4 is 10.2 Å². The molecule has 1 heterocycles. The predicted octanol–water partition coefficient (Wildman–Crippen LogP) is 3.63. The third kappa shape index (κ3) is 5.31. The summed E-state index contributed by atoms with van der Waals surface area (Å²) in [6, 6.07) is 13.0. The van der Waals surface area contributed by atoms with E-state index in [0.717, 1.165) is 25.9 Å². The molecule has 1 saturated heterocycles. The van der Waals surface area contributed by atoms with Crippen LogP contribution in [0.3, 0.4) is 0 Å². The Morgan fingerprint density at radius 2 is 1.86 bits per heavy atom. The van der Waals surface area contributed by atoms with Crippen molar-refractivity contribution in [1.29, 1.82) is 0 Å². The Morgan fingerprint density at radius 3 is 2.52 bits per heavy atom. The number of rotatable bonds is 6. The molecule has 2 aromatic rings. The number of hydrogen-bond acceptors (Lipinski definition) is 6. The number of non-ortho nitro benzene ring substituents is 1. The third-order valence-corrected chi connectivity index (χ3v) is 4.93. The predicted molar refractivity (Wildman–Crippen MR) is 109 cm³/mol. The summed E-state index contributed by atoms with van der Waals surface area (Å²) in [5.41, 5.74) is 1.09. The Hall–Kier alpha value is -3.42. The van der Waals surface area contributed by atoms with Crippen molar-refractivity contribution in [2.45, 2.75) is 19.8 Å². The number of nitro benzene ring substituents is 1. The van der Waals surface area contributed by atoms with Crippen LogP contribution in [-0.2, 0) is 9.53 Å². The lowest BCUT2D eigenvalue weighted by molar-refractivity contribution is -0.384. The highest BCUT2D eigenvalue weighted by Crippen LogP contribution is 2.29. The summed E-state index contributed by atoms with van der Waals surface area (Å²) in [5, 5.41) is 13.8. The lowest BCUT2D eigenvalue weighted by Crippen LogP contribution is -2.34. The number of piperidine rings is 1. The summed E-state index contributed by atoms with van der Waals surface area (Å²) < 4.78 is 5.15. The van der Waals surface area contributed by atoms with E-state index in [9.17, 15) is 19.7 Å². The lowest BCUT2D eigenvalue weighted by Gasteiger charge is -2.33. The van der Waals surface area contributed by atoms with Gasteiger partial charge in [0.25, 0.3) is 11.6 Å². The maximum Gasteiger partial charge on any atom is 0.341 e. The number of carbonyl (C=O) groups excluding carboxylic acids is 2. The van der Waals surface area contributed by atoms with Crippen LogP contribution in [0.5, 0.6) is 0 Å². The topological polar surface area (TPSA) is 102 Å². The van der Waals surface area contributed by atoms with E-state index in [1.54, 1.807) is 30.3 Å². The fourth-order valence-corrected chi connectivity index (χ4v) is 3.25. The maximum absolute atomic E-state index is 12.7. The molecule has 0 aromatic heterocycles. The Labute approximate surface area is 168 Å². The van der Waals surface area contributed by atoms with Crippen LogP contribution in [0.15, 0.2) is 48.5 Å². The number of anilines is 2. The highest BCUT2D eigenvalue weighted by Gasteiger charge is 2.24. The second-order valence-corrected chi connectivity index (χ2v) is 7.12. The fraction of sp³-hybridized carbons (Fsp3) is 0.333. The molecule has 1 fully saturated rings. The van der Waals surface area contributed by atoms with Gasteiger partial charge in [0.2, 0.25) is 0 Å². The minimum absolute atomic E-state index is 0.0984. The second-order valence-electron chi connectivity index (χ2n) is 7.12. The van der Waals surface area contributed by atoms with Gasteiger partial charge in [0.05, 0.1) is 16.2 Å². The zero-order chi connectivity index (χ0) is 20.8. The van der Waals surface area contributed by atoms with E-state index >= 15 is 0 Å². The number of ether oxygens (including phenoxy) is 1. The SMILES string of the molecule is CC1CCN(c2ccc([N+](=O)[O-])cc2C(=O)OCC(=O)Nc2ccccc2)CC1. The molecule has 8 nitrogen and oxygen atoms in total. The fourth-order valence-electron chi connectivity index (χ4n) is 3.25. The van der Waals surface area contributed by atoms with Gasteiger partial charge < -0.3 is 15.0 Å². The molecule has 8 heteroatoms. The number of nitrogens with zero attached hydrogens (tertiary/aromatic N) is 2. The molecule has 0 atom stereocenters. The lowest BCUT2D eigenvalue weighted by atomic mass is 9.98. The molecule has 0 bridgehead atoms. The Kier molecular flexibility index (Phi) is 6.43. The molecule has 1 aliphatic heterocycles. The standard InChI is InChI=1S/C21H23N3O5/c1-15-9-11-23(12-10-15)19-8-7-17(24(27)28)13-18(19)21(26)29-14-20(25)22-16-5-3-2-4-6-16/h2-8,13,15H,9-12,14H2,1H3,(H,22,25). The number of para-hydroxylation sites is 1. The number of amides is 1. The summed E-state index contributed by atoms with van der Waals surface area (Å²) in [5.74, 6) is -0.643. The smallest absolute Gasteiger partial charge is 0.341 e. The molecule has 0 radical (unpaired) electrons. The highest BCUT2D eigenvalue weighted by molar-refractivity contribution is 5.99. The van der Waals surface area contributed by atoms with Crippen molar-refractivity contribution >= 4 is 28.9 Å².